The van der Waals surface area contributed by atoms with Gasteiger partial charge in [-0.2, -0.15) is 0 Å². The normalized spacial score (nSPS) is 11.2. The number of halogens is 1. The van der Waals surface area contributed by atoms with Crippen LogP contribution in [-0.4, -0.2) is 16.0 Å². The number of thiocarbonyl (C=S) groups is 1. The predicted octanol–water partition coefficient (Wildman–Crippen LogP) is 6.16. The number of carbonyl (C=O) groups excluding carboxylic acids is 1. The molecule has 0 radical (unpaired) electrons. The molecular formula is C23H20ClN3O2S. The largest absolute Gasteiger partial charge is 0.436 e. The summed E-state index contributed by atoms with van der Waals surface area (Å²) in [5, 5.41) is 8.58. The third-order valence-electron chi connectivity index (χ3n) is 4.59. The van der Waals surface area contributed by atoms with Gasteiger partial charge in [-0.1, -0.05) is 49.7 Å². The first kappa shape index (κ1) is 20.3. The molecule has 4 rings (SSSR count). The first-order chi connectivity index (χ1) is 14.4. The molecule has 1 aromatic heterocycles. The van der Waals surface area contributed by atoms with E-state index in [1.807, 2.05) is 68.4 Å². The molecule has 152 valence electrons. The van der Waals surface area contributed by atoms with Gasteiger partial charge in [-0.15, -0.1) is 0 Å². The van der Waals surface area contributed by atoms with Crippen molar-refractivity contribution in [2.24, 2.45) is 5.92 Å². The van der Waals surface area contributed by atoms with Crippen LogP contribution in [0, 0.1) is 5.92 Å². The lowest BCUT2D eigenvalue weighted by Crippen LogP contribution is -2.34. The summed E-state index contributed by atoms with van der Waals surface area (Å²) < 4.78 is 5.99. The summed E-state index contributed by atoms with van der Waals surface area (Å²) in [5.74, 6) is 0.673. The SMILES string of the molecule is CC(C)CC(=O)NC(=S)Nc1ccc2oc(-c3cccc4c(Cl)cccc34)nc2c1. The summed E-state index contributed by atoms with van der Waals surface area (Å²) in [7, 11) is 0. The topological polar surface area (TPSA) is 67.2 Å². The summed E-state index contributed by atoms with van der Waals surface area (Å²) in [6.07, 6.45) is 0.419. The lowest BCUT2D eigenvalue weighted by atomic mass is 10.0. The number of aromatic nitrogens is 1. The van der Waals surface area contributed by atoms with Crippen LogP contribution >= 0.6 is 23.8 Å². The van der Waals surface area contributed by atoms with E-state index in [0.29, 0.717) is 28.4 Å². The number of nitrogens with zero attached hydrogens (tertiary/aromatic N) is 1. The zero-order valence-electron chi connectivity index (χ0n) is 16.5. The average molecular weight is 438 g/mol. The smallest absolute Gasteiger partial charge is 0.227 e. The molecule has 0 aliphatic rings. The van der Waals surface area contributed by atoms with E-state index in [9.17, 15) is 4.79 Å². The van der Waals surface area contributed by atoms with Crippen molar-refractivity contribution in [1.29, 1.82) is 0 Å². The van der Waals surface area contributed by atoms with E-state index in [0.717, 1.165) is 22.0 Å². The van der Waals surface area contributed by atoms with Gasteiger partial charge in [0.1, 0.15) is 5.52 Å². The van der Waals surface area contributed by atoms with Crippen molar-refractivity contribution in [2.45, 2.75) is 20.3 Å². The lowest BCUT2D eigenvalue weighted by Gasteiger charge is -2.10. The molecule has 0 atom stereocenters. The van der Waals surface area contributed by atoms with Crippen LogP contribution in [0.2, 0.25) is 5.02 Å². The van der Waals surface area contributed by atoms with Crippen LogP contribution in [0.5, 0.6) is 0 Å². The van der Waals surface area contributed by atoms with Crippen molar-refractivity contribution < 1.29 is 9.21 Å². The fourth-order valence-electron chi connectivity index (χ4n) is 3.29. The summed E-state index contributed by atoms with van der Waals surface area (Å²) in [6.45, 7) is 3.96. The van der Waals surface area contributed by atoms with Crippen molar-refractivity contribution in [1.82, 2.24) is 10.3 Å². The van der Waals surface area contributed by atoms with Gasteiger partial charge < -0.3 is 15.1 Å². The first-order valence-corrected chi connectivity index (χ1v) is 10.4. The quantitative estimate of drug-likeness (QED) is 0.374. The van der Waals surface area contributed by atoms with E-state index < -0.39 is 0 Å². The second-order valence-electron chi connectivity index (χ2n) is 7.44. The van der Waals surface area contributed by atoms with E-state index in [1.54, 1.807) is 0 Å². The number of oxazole rings is 1. The number of hydrogen-bond acceptors (Lipinski definition) is 4. The number of nitrogens with one attached hydrogen (secondary N) is 2. The highest BCUT2D eigenvalue weighted by Gasteiger charge is 2.13. The number of anilines is 1. The van der Waals surface area contributed by atoms with Crippen LogP contribution < -0.4 is 10.6 Å². The van der Waals surface area contributed by atoms with Crippen LogP contribution in [-0.2, 0) is 4.79 Å². The number of rotatable bonds is 4. The fraction of sp³-hybridized carbons (Fsp3) is 0.174. The van der Waals surface area contributed by atoms with Gasteiger partial charge >= 0.3 is 0 Å². The molecule has 2 N–H and O–H groups in total. The Morgan fingerprint density at radius 1 is 1.13 bits per heavy atom. The number of fused-ring (bicyclic) bond motifs is 2. The van der Waals surface area contributed by atoms with Gasteiger partial charge in [-0.05, 0) is 53.9 Å². The minimum atomic E-state index is -0.109. The highest BCUT2D eigenvalue weighted by atomic mass is 35.5. The maximum absolute atomic E-state index is 11.9. The van der Waals surface area contributed by atoms with Gasteiger partial charge in [0, 0.05) is 28.1 Å². The first-order valence-electron chi connectivity index (χ1n) is 9.60. The monoisotopic (exact) mass is 437 g/mol. The number of amides is 1. The lowest BCUT2D eigenvalue weighted by molar-refractivity contribution is -0.120. The Hall–Kier alpha value is -2.96. The van der Waals surface area contributed by atoms with E-state index in [4.69, 9.17) is 28.2 Å². The van der Waals surface area contributed by atoms with Gasteiger partial charge in [0.25, 0.3) is 0 Å². The van der Waals surface area contributed by atoms with Crippen molar-refractivity contribution in [3.8, 4) is 11.5 Å². The van der Waals surface area contributed by atoms with E-state index in [2.05, 4.69) is 15.6 Å². The molecule has 0 saturated carbocycles. The Labute approximate surface area is 184 Å². The van der Waals surface area contributed by atoms with Gasteiger partial charge in [-0.3, -0.25) is 4.79 Å². The average Bonchev–Trinajstić information content (AvgIpc) is 3.10. The second kappa shape index (κ2) is 8.42. The Morgan fingerprint density at radius 3 is 2.70 bits per heavy atom. The summed E-state index contributed by atoms with van der Waals surface area (Å²) in [5.41, 5.74) is 2.94. The van der Waals surface area contributed by atoms with Crippen molar-refractivity contribution in [2.75, 3.05) is 5.32 Å². The molecule has 7 heteroatoms. The third-order valence-corrected chi connectivity index (χ3v) is 5.13. The molecule has 0 bridgehead atoms. The zero-order chi connectivity index (χ0) is 21.3. The highest BCUT2D eigenvalue weighted by molar-refractivity contribution is 7.80. The van der Waals surface area contributed by atoms with Crippen molar-refractivity contribution in [3.05, 3.63) is 59.6 Å². The van der Waals surface area contributed by atoms with Gasteiger partial charge in [0.15, 0.2) is 10.7 Å². The minimum absolute atomic E-state index is 0.109. The molecule has 3 aromatic carbocycles. The second-order valence-corrected chi connectivity index (χ2v) is 8.26. The van der Waals surface area contributed by atoms with Gasteiger partial charge in [0.2, 0.25) is 11.8 Å². The Balaban J connectivity index is 1.60. The highest BCUT2D eigenvalue weighted by Crippen LogP contribution is 2.33. The molecule has 5 nitrogen and oxygen atoms in total. The maximum atomic E-state index is 11.9. The van der Waals surface area contributed by atoms with Crippen molar-refractivity contribution >= 4 is 62.4 Å². The summed E-state index contributed by atoms with van der Waals surface area (Å²) >= 11 is 11.6. The fourth-order valence-corrected chi connectivity index (χ4v) is 3.76. The molecular weight excluding hydrogens is 418 g/mol. The van der Waals surface area contributed by atoms with Crippen LogP contribution in [0.4, 0.5) is 5.69 Å². The van der Waals surface area contributed by atoms with Gasteiger partial charge in [0.05, 0.1) is 0 Å². The molecule has 0 saturated heterocycles. The summed E-state index contributed by atoms with van der Waals surface area (Å²) in [6, 6.07) is 17.1. The molecule has 0 unspecified atom stereocenters. The van der Waals surface area contributed by atoms with Crippen LogP contribution in [0.25, 0.3) is 33.3 Å². The van der Waals surface area contributed by atoms with E-state index >= 15 is 0 Å². The molecule has 0 spiro atoms. The number of hydrogen-bond donors (Lipinski definition) is 2. The Morgan fingerprint density at radius 2 is 1.90 bits per heavy atom. The molecule has 0 aliphatic heterocycles. The zero-order valence-corrected chi connectivity index (χ0v) is 18.1. The van der Waals surface area contributed by atoms with E-state index in [1.165, 1.54) is 0 Å². The molecule has 1 amide bonds. The third kappa shape index (κ3) is 4.30. The van der Waals surface area contributed by atoms with Crippen LogP contribution in [0.1, 0.15) is 20.3 Å². The standard InChI is InChI=1S/C23H20ClN3O2S/c1-13(2)11-21(28)27-23(30)25-14-9-10-20-19(12-14)26-22(29-20)17-7-3-6-16-15(17)5-4-8-18(16)24/h3-10,12-13H,11H2,1-2H3,(H2,25,27,28,30). The molecule has 4 aromatic rings. The Bertz CT molecular complexity index is 1270. The minimum Gasteiger partial charge on any atom is -0.436 e. The molecule has 0 aliphatic carbocycles. The van der Waals surface area contributed by atoms with E-state index in [-0.39, 0.29) is 16.9 Å². The van der Waals surface area contributed by atoms with Gasteiger partial charge in [-0.25, -0.2) is 4.98 Å². The molecule has 0 fully saturated rings. The molecule has 1 heterocycles. The number of benzene rings is 3. The maximum Gasteiger partial charge on any atom is 0.227 e. The van der Waals surface area contributed by atoms with Crippen LogP contribution in [0.15, 0.2) is 59.0 Å². The Kier molecular flexibility index (Phi) is 5.70. The summed E-state index contributed by atoms with van der Waals surface area (Å²) in [4.78, 5) is 16.5. The van der Waals surface area contributed by atoms with Crippen LogP contribution in [0.3, 0.4) is 0 Å². The predicted molar refractivity (Wildman–Crippen MR) is 126 cm³/mol. The number of carbonyl (C=O) groups is 1. The van der Waals surface area contributed by atoms with Crippen molar-refractivity contribution in [3.63, 3.8) is 0 Å². The molecule has 30 heavy (non-hydrogen) atoms.